The molecule has 24 heavy (non-hydrogen) atoms. The van der Waals surface area contributed by atoms with Crippen LogP contribution < -0.4 is 4.74 Å². The lowest BCUT2D eigenvalue weighted by Gasteiger charge is -2.15. The molecule has 124 valence electrons. The van der Waals surface area contributed by atoms with Crippen LogP contribution in [0.1, 0.15) is 28.8 Å². The fraction of sp³-hybridized carbons (Fsp3) is 0.222. The molecule has 1 saturated carbocycles. The normalized spacial score (nSPS) is 14.8. The third-order valence-corrected chi connectivity index (χ3v) is 5.75. The minimum atomic E-state index is -0.850. The monoisotopic (exact) mass is 452 g/mol. The van der Waals surface area contributed by atoms with Crippen LogP contribution in [0.15, 0.2) is 51.4 Å². The van der Waals surface area contributed by atoms with Crippen molar-refractivity contribution in [1.82, 2.24) is 0 Å². The quantitative estimate of drug-likeness (QED) is 0.493. The van der Waals surface area contributed by atoms with Gasteiger partial charge in [-0.05, 0) is 74.3 Å². The predicted molar refractivity (Wildman–Crippen MR) is 96.3 cm³/mol. The van der Waals surface area contributed by atoms with E-state index in [-0.39, 0.29) is 11.8 Å². The highest BCUT2D eigenvalue weighted by Gasteiger charge is 2.54. The van der Waals surface area contributed by atoms with Gasteiger partial charge < -0.3 is 9.47 Å². The summed E-state index contributed by atoms with van der Waals surface area (Å²) in [6.45, 7) is 0. The lowest BCUT2D eigenvalue weighted by molar-refractivity contribution is -0.151. The fourth-order valence-corrected chi connectivity index (χ4v) is 2.98. The Balaban J connectivity index is 1.76. The van der Waals surface area contributed by atoms with Gasteiger partial charge in [0, 0.05) is 32.9 Å². The summed E-state index contributed by atoms with van der Waals surface area (Å²) < 4.78 is 12.2. The SMILES string of the molecule is COC(=O)C1(Oc2ccc(C(=O)c3ccc(Br)c(Br)c3)cc2)CC1. The summed E-state index contributed by atoms with van der Waals surface area (Å²) in [6, 6.07) is 12.1. The highest BCUT2D eigenvalue weighted by Crippen LogP contribution is 2.41. The zero-order chi connectivity index (χ0) is 17.3. The van der Waals surface area contributed by atoms with Crippen molar-refractivity contribution in [2.24, 2.45) is 0 Å². The molecule has 1 aliphatic rings. The molecule has 6 heteroatoms. The van der Waals surface area contributed by atoms with Gasteiger partial charge in [-0.15, -0.1) is 0 Å². The van der Waals surface area contributed by atoms with Gasteiger partial charge in [-0.2, -0.15) is 0 Å². The van der Waals surface area contributed by atoms with E-state index in [4.69, 9.17) is 9.47 Å². The number of hydrogen-bond donors (Lipinski definition) is 0. The molecular weight excluding hydrogens is 440 g/mol. The van der Waals surface area contributed by atoms with Crippen LogP contribution in [0.4, 0.5) is 0 Å². The van der Waals surface area contributed by atoms with Gasteiger partial charge in [-0.3, -0.25) is 4.79 Å². The second-order valence-corrected chi connectivity index (χ2v) is 7.28. The Hall–Kier alpha value is -1.66. The number of carbonyl (C=O) groups excluding carboxylic acids is 2. The molecule has 0 saturated heterocycles. The first-order valence-electron chi connectivity index (χ1n) is 7.32. The second-order valence-electron chi connectivity index (χ2n) is 5.57. The maximum atomic E-state index is 12.5. The average Bonchev–Trinajstić information content (AvgIpc) is 3.37. The lowest BCUT2D eigenvalue weighted by atomic mass is 10.0. The zero-order valence-electron chi connectivity index (χ0n) is 12.8. The summed E-state index contributed by atoms with van der Waals surface area (Å²) in [5.74, 6) is 0.109. The molecule has 2 aromatic carbocycles. The van der Waals surface area contributed by atoms with Crippen molar-refractivity contribution in [2.45, 2.75) is 18.4 Å². The van der Waals surface area contributed by atoms with Gasteiger partial charge in [0.1, 0.15) is 5.75 Å². The number of methoxy groups -OCH3 is 1. The molecular formula is C18H14Br2O4. The Morgan fingerprint density at radius 1 is 0.958 bits per heavy atom. The van der Waals surface area contributed by atoms with Crippen LogP contribution in [0, 0.1) is 0 Å². The minimum absolute atomic E-state index is 0.0798. The smallest absolute Gasteiger partial charge is 0.350 e. The summed E-state index contributed by atoms with van der Waals surface area (Å²) in [5, 5.41) is 0. The van der Waals surface area contributed by atoms with E-state index < -0.39 is 5.60 Å². The standard InChI is InChI=1S/C18H14Br2O4/c1-23-17(22)18(8-9-18)24-13-5-2-11(3-6-13)16(21)12-4-7-14(19)15(20)10-12/h2-7,10H,8-9H2,1H3. The van der Waals surface area contributed by atoms with Gasteiger partial charge in [0.25, 0.3) is 0 Å². The Kier molecular flexibility index (Phi) is 4.78. The number of benzene rings is 2. The van der Waals surface area contributed by atoms with E-state index in [0.29, 0.717) is 29.7 Å². The van der Waals surface area contributed by atoms with Crippen molar-refractivity contribution in [3.63, 3.8) is 0 Å². The molecule has 0 atom stereocenters. The van der Waals surface area contributed by atoms with E-state index in [9.17, 15) is 9.59 Å². The third kappa shape index (κ3) is 3.39. The van der Waals surface area contributed by atoms with E-state index in [1.807, 2.05) is 6.07 Å². The molecule has 0 aromatic heterocycles. The fourth-order valence-electron chi connectivity index (χ4n) is 2.35. The molecule has 0 bridgehead atoms. The van der Waals surface area contributed by atoms with E-state index >= 15 is 0 Å². The first-order chi connectivity index (χ1) is 11.4. The van der Waals surface area contributed by atoms with Crippen molar-refractivity contribution in [1.29, 1.82) is 0 Å². The Labute approximate surface area is 156 Å². The number of rotatable bonds is 5. The highest BCUT2D eigenvalue weighted by molar-refractivity contribution is 9.13. The molecule has 1 aliphatic carbocycles. The number of carbonyl (C=O) groups is 2. The van der Waals surface area contributed by atoms with Gasteiger partial charge in [0.2, 0.25) is 5.60 Å². The van der Waals surface area contributed by atoms with Crippen LogP contribution in [0.25, 0.3) is 0 Å². The number of halogens is 2. The van der Waals surface area contributed by atoms with Gasteiger partial charge in [-0.25, -0.2) is 4.79 Å². The van der Waals surface area contributed by atoms with E-state index in [1.54, 1.807) is 36.4 Å². The van der Waals surface area contributed by atoms with Crippen molar-refractivity contribution in [3.05, 3.63) is 62.5 Å². The first-order valence-corrected chi connectivity index (χ1v) is 8.91. The summed E-state index contributed by atoms with van der Waals surface area (Å²) in [6.07, 6.45) is 1.29. The number of ketones is 1. The average molecular weight is 454 g/mol. The molecule has 0 amide bonds. The van der Waals surface area contributed by atoms with Crippen molar-refractivity contribution in [2.75, 3.05) is 7.11 Å². The van der Waals surface area contributed by atoms with Crippen molar-refractivity contribution >= 4 is 43.6 Å². The Morgan fingerprint density at radius 3 is 2.12 bits per heavy atom. The topological polar surface area (TPSA) is 52.6 Å². The van der Waals surface area contributed by atoms with Gasteiger partial charge in [-0.1, -0.05) is 0 Å². The third-order valence-electron chi connectivity index (χ3n) is 3.87. The molecule has 3 rings (SSSR count). The lowest BCUT2D eigenvalue weighted by Crippen LogP contribution is -2.30. The van der Waals surface area contributed by atoms with Crippen LogP contribution >= 0.6 is 31.9 Å². The van der Waals surface area contributed by atoms with Gasteiger partial charge in [0.15, 0.2) is 5.78 Å². The van der Waals surface area contributed by atoms with Crippen LogP contribution in [0.2, 0.25) is 0 Å². The summed E-state index contributed by atoms with van der Waals surface area (Å²) >= 11 is 6.78. The largest absolute Gasteiger partial charge is 0.476 e. The molecule has 0 spiro atoms. The maximum Gasteiger partial charge on any atom is 0.350 e. The van der Waals surface area contributed by atoms with Crippen LogP contribution in [-0.4, -0.2) is 24.5 Å². The van der Waals surface area contributed by atoms with E-state index in [1.165, 1.54) is 7.11 Å². The number of hydrogen-bond acceptors (Lipinski definition) is 4. The van der Waals surface area contributed by atoms with Crippen molar-refractivity contribution < 1.29 is 19.1 Å². The van der Waals surface area contributed by atoms with Crippen LogP contribution in [0.5, 0.6) is 5.75 Å². The number of ether oxygens (including phenoxy) is 2. The van der Waals surface area contributed by atoms with Crippen LogP contribution in [-0.2, 0) is 9.53 Å². The maximum absolute atomic E-state index is 12.5. The summed E-state index contributed by atoms with van der Waals surface area (Å²) in [7, 11) is 1.35. The van der Waals surface area contributed by atoms with Gasteiger partial charge >= 0.3 is 5.97 Å². The predicted octanol–water partition coefficient (Wildman–Crippen LogP) is 4.53. The highest BCUT2D eigenvalue weighted by atomic mass is 79.9. The zero-order valence-corrected chi connectivity index (χ0v) is 16.0. The van der Waals surface area contributed by atoms with Crippen molar-refractivity contribution in [3.8, 4) is 5.75 Å². The summed E-state index contributed by atoms with van der Waals surface area (Å²) in [4.78, 5) is 24.2. The molecule has 0 radical (unpaired) electrons. The molecule has 0 aliphatic heterocycles. The molecule has 0 unspecified atom stereocenters. The second kappa shape index (κ2) is 6.69. The van der Waals surface area contributed by atoms with Gasteiger partial charge in [0.05, 0.1) is 7.11 Å². The first kappa shape index (κ1) is 17.2. The summed E-state index contributed by atoms with van der Waals surface area (Å²) in [5.41, 5.74) is 0.295. The molecule has 2 aromatic rings. The molecule has 1 fully saturated rings. The van der Waals surface area contributed by atoms with E-state index in [0.717, 1.165) is 8.95 Å². The minimum Gasteiger partial charge on any atom is -0.476 e. The molecule has 4 nitrogen and oxygen atoms in total. The Morgan fingerprint density at radius 2 is 1.58 bits per heavy atom. The molecule has 0 heterocycles. The van der Waals surface area contributed by atoms with Crippen LogP contribution in [0.3, 0.4) is 0 Å². The van der Waals surface area contributed by atoms with E-state index in [2.05, 4.69) is 31.9 Å². The Bertz CT molecular complexity index is 795. The molecule has 0 N–H and O–H groups in total. The number of esters is 1.